The lowest BCUT2D eigenvalue weighted by Crippen LogP contribution is -2.57. The van der Waals surface area contributed by atoms with Gasteiger partial charge in [-0.15, -0.1) is 0 Å². The van der Waals surface area contributed by atoms with Gasteiger partial charge in [0.15, 0.2) is 5.96 Å². The quantitative estimate of drug-likeness (QED) is 0.0421. The molecule has 12 N–H and O–H groups in total. The molecule has 0 saturated carbocycles. The molecule has 0 aromatic carbocycles. The summed E-state index contributed by atoms with van der Waals surface area (Å²) in [4.78, 5) is 53.6. The first-order valence-electron chi connectivity index (χ1n) is 11.7. The SMILES string of the molecule is CC(C)CC(N)C(=O)NC(CCCN=C(N)N)C(=O)NC(CCCCN)C(=O)NC(CS)C(=O)O. The van der Waals surface area contributed by atoms with Crippen molar-refractivity contribution in [2.45, 2.75) is 76.5 Å². The Kier molecular flexibility index (Phi) is 16.5. The first kappa shape index (κ1) is 32.4. The van der Waals surface area contributed by atoms with E-state index >= 15 is 0 Å². The minimum Gasteiger partial charge on any atom is -0.480 e. The number of carboxylic acids is 1. The summed E-state index contributed by atoms with van der Waals surface area (Å²) < 4.78 is 0. The largest absolute Gasteiger partial charge is 0.480 e. The fourth-order valence-electron chi connectivity index (χ4n) is 3.16. The number of aliphatic imine (C=N–C) groups is 1. The Bertz CT molecular complexity index is 718. The van der Waals surface area contributed by atoms with Gasteiger partial charge < -0.3 is 44.0 Å². The number of nitrogens with zero attached hydrogens (tertiary/aromatic N) is 1. The molecule has 4 atom stereocenters. The second-order valence-corrected chi connectivity index (χ2v) is 9.04. The third kappa shape index (κ3) is 14.4. The minimum atomic E-state index is -1.25. The highest BCUT2D eigenvalue weighted by molar-refractivity contribution is 7.80. The number of unbranched alkanes of at least 4 members (excludes halogenated alkanes) is 1. The van der Waals surface area contributed by atoms with E-state index in [1.165, 1.54) is 0 Å². The number of carbonyl (C=O) groups excluding carboxylic acids is 3. The molecule has 0 saturated heterocycles. The van der Waals surface area contributed by atoms with Gasteiger partial charge in [-0.2, -0.15) is 12.6 Å². The maximum atomic E-state index is 13.1. The second kappa shape index (κ2) is 17.8. The molecular formula is C21H42N8O5S. The Balaban J connectivity index is 5.53. The predicted octanol–water partition coefficient (Wildman–Crippen LogP) is -1.99. The highest BCUT2D eigenvalue weighted by Crippen LogP contribution is 2.07. The summed E-state index contributed by atoms with van der Waals surface area (Å²) >= 11 is 3.94. The number of rotatable bonds is 18. The molecule has 0 aliphatic carbocycles. The number of guanidine groups is 1. The van der Waals surface area contributed by atoms with Crippen LogP contribution in [-0.4, -0.2) is 77.8 Å². The lowest BCUT2D eigenvalue weighted by Gasteiger charge is -2.25. The maximum absolute atomic E-state index is 13.1. The lowest BCUT2D eigenvalue weighted by molar-refractivity contribution is -0.141. The zero-order chi connectivity index (χ0) is 27.0. The number of aliphatic carboxylic acids is 1. The van der Waals surface area contributed by atoms with Crippen molar-refractivity contribution in [1.29, 1.82) is 0 Å². The summed E-state index contributed by atoms with van der Waals surface area (Å²) in [5, 5.41) is 16.9. The highest BCUT2D eigenvalue weighted by Gasteiger charge is 2.29. The fraction of sp³-hybridized carbons (Fsp3) is 0.762. The van der Waals surface area contributed by atoms with Crippen LogP contribution in [0.4, 0.5) is 0 Å². The molecule has 0 rings (SSSR count). The van der Waals surface area contributed by atoms with Crippen LogP contribution in [-0.2, 0) is 19.2 Å². The van der Waals surface area contributed by atoms with E-state index in [1.807, 2.05) is 13.8 Å². The minimum absolute atomic E-state index is 0.0946. The van der Waals surface area contributed by atoms with Crippen molar-refractivity contribution in [1.82, 2.24) is 16.0 Å². The van der Waals surface area contributed by atoms with Crippen LogP contribution in [0.25, 0.3) is 0 Å². The van der Waals surface area contributed by atoms with Gasteiger partial charge >= 0.3 is 5.97 Å². The average Bonchev–Trinajstić information content (AvgIpc) is 2.77. The van der Waals surface area contributed by atoms with Crippen molar-refractivity contribution in [2.75, 3.05) is 18.8 Å². The second-order valence-electron chi connectivity index (χ2n) is 8.67. The van der Waals surface area contributed by atoms with Crippen molar-refractivity contribution >= 4 is 42.3 Å². The third-order valence-electron chi connectivity index (χ3n) is 5.02. The molecule has 14 heteroatoms. The van der Waals surface area contributed by atoms with Crippen molar-refractivity contribution in [3.63, 3.8) is 0 Å². The molecule has 0 heterocycles. The molecule has 0 aromatic rings. The smallest absolute Gasteiger partial charge is 0.327 e. The Morgan fingerprint density at radius 2 is 1.40 bits per heavy atom. The summed E-state index contributed by atoms with van der Waals surface area (Å²) in [6, 6.07) is -4.06. The number of hydrogen-bond donors (Lipinski definition) is 9. The van der Waals surface area contributed by atoms with Gasteiger partial charge in [0, 0.05) is 12.3 Å². The molecule has 0 spiro atoms. The molecule has 202 valence electrons. The predicted molar refractivity (Wildman–Crippen MR) is 138 cm³/mol. The Morgan fingerprint density at radius 1 is 0.886 bits per heavy atom. The van der Waals surface area contributed by atoms with Crippen LogP contribution < -0.4 is 38.9 Å². The number of carbonyl (C=O) groups is 4. The molecule has 0 fully saturated rings. The van der Waals surface area contributed by atoms with Gasteiger partial charge in [-0.3, -0.25) is 19.4 Å². The van der Waals surface area contributed by atoms with E-state index in [-0.39, 0.29) is 37.0 Å². The van der Waals surface area contributed by atoms with Crippen LogP contribution in [0.3, 0.4) is 0 Å². The Morgan fingerprint density at radius 3 is 1.86 bits per heavy atom. The molecule has 0 aliphatic rings. The molecule has 3 amide bonds. The summed E-state index contributed by atoms with van der Waals surface area (Å²) in [7, 11) is 0. The van der Waals surface area contributed by atoms with Gasteiger partial charge in [-0.25, -0.2) is 4.79 Å². The standard InChI is InChI=1S/C21H42N8O5S/c1-12(2)10-13(23)17(30)27-15(7-5-9-26-21(24)25)18(31)28-14(6-3-4-8-22)19(32)29-16(11-35)20(33)34/h12-16,35H,3-11,22-23H2,1-2H3,(H,27,30)(H,28,31)(H,29,32)(H,33,34)(H4,24,25,26). The van der Waals surface area contributed by atoms with Crippen LogP contribution in [0.5, 0.6) is 0 Å². The van der Waals surface area contributed by atoms with Crippen molar-refractivity contribution in [2.24, 2.45) is 33.8 Å². The van der Waals surface area contributed by atoms with E-state index in [1.54, 1.807) is 0 Å². The third-order valence-corrected chi connectivity index (χ3v) is 5.38. The number of amides is 3. The molecule has 4 unspecified atom stereocenters. The van der Waals surface area contributed by atoms with Gasteiger partial charge in [0.1, 0.15) is 18.1 Å². The first-order valence-corrected chi connectivity index (χ1v) is 12.3. The molecule has 35 heavy (non-hydrogen) atoms. The van der Waals surface area contributed by atoms with Gasteiger partial charge in [0.05, 0.1) is 6.04 Å². The molecule has 0 aromatic heterocycles. The number of nitrogens with two attached hydrogens (primary N) is 4. The lowest BCUT2D eigenvalue weighted by atomic mass is 10.0. The average molecular weight is 519 g/mol. The summed E-state index contributed by atoms with van der Waals surface area (Å²) in [6.07, 6.45) is 2.36. The summed E-state index contributed by atoms with van der Waals surface area (Å²) in [5.41, 5.74) is 22.1. The van der Waals surface area contributed by atoms with E-state index in [0.717, 1.165) is 0 Å². The van der Waals surface area contributed by atoms with Crippen molar-refractivity contribution < 1.29 is 24.3 Å². The van der Waals surface area contributed by atoms with Gasteiger partial charge in [0.25, 0.3) is 0 Å². The summed E-state index contributed by atoms with van der Waals surface area (Å²) in [5.74, 6) is -3.06. The Hall–Kier alpha value is -2.58. The zero-order valence-electron chi connectivity index (χ0n) is 20.5. The fourth-order valence-corrected chi connectivity index (χ4v) is 3.41. The molecule has 0 radical (unpaired) electrons. The number of carboxylic acid groups (broad SMARTS) is 1. The van der Waals surface area contributed by atoms with Crippen LogP contribution in [0.1, 0.15) is 52.4 Å². The number of thiol groups is 1. The first-order chi connectivity index (χ1) is 16.4. The Labute approximate surface area is 212 Å². The van der Waals surface area contributed by atoms with Crippen LogP contribution in [0.15, 0.2) is 4.99 Å². The van der Waals surface area contributed by atoms with Gasteiger partial charge in [-0.05, 0) is 51.0 Å². The molecule has 0 bridgehead atoms. The zero-order valence-corrected chi connectivity index (χ0v) is 21.4. The van der Waals surface area contributed by atoms with Gasteiger partial charge in [0.2, 0.25) is 17.7 Å². The van der Waals surface area contributed by atoms with E-state index in [0.29, 0.717) is 32.2 Å². The van der Waals surface area contributed by atoms with E-state index < -0.39 is 47.9 Å². The van der Waals surface area contributed by atoms with Crippen LogP contribution in [0, 0.1) is 5.92 Å². The highest BCUT2D eigenvalue weighted by atomic mass is 32.1. The van der Waals surface area contributed by atoms with Gasteiger partial charge in [-0.1, -0.05) is 13.8 Å². The van der Waals surface area contributed by atoms with E-state index in [4.69, 9.17) is 22.9 Å². The molecule has 0 aliphatic heterocycles. The van der Waals surface area contributed by atoms with Crippen LogP contribution in [0.2, 0.25) is 0 Å². The monoisotopic (exact) mass is 518 g/mol. The van der Waals surface area contributed by atoms with Crippen molar-refractivity contribution in [3.8, 4) is 0 Å². The molecular weight excluding hydrogens is 476 g/mol. The number of nitrogens with one attached hydrogen (secondary N) is 3. The van der Waals surface area contributed by atoms with Crippen LogP contribution >= 0.6 is 12.6 Å². The van der Waals surface area contributed by atoms with E-state index in [9.17, 15) is 24.3 Å². The summed E-state index contributed by atoms with van der Waals surface area (Å²) in [6.45, 7) is 4.48. The van der Waals surface area contributed by atoms with E-state index in [2.05, 4.69) is 33.6 Å². The molecule has 13 nitrogen and oxygen atoms in total. The maximum Gasteiger partial charge on any atom is 0.327 e. The topological polar surface area (TPSA) is 241 Å². The number of hydrogen-bond acceptors (Lipinski definition) is 8. The normalized spacial score (nSPS) is 14.3. The van der Waals surface area contributed by atoms with Crippen molar-refractivity contribution in [3.05, 3.63) is 0 Å².